The predicted octanol–water partition coefficient (Wildman–Crippen LogP) is 5.14. The fraction of sp³-hybridized carbons (Fsp3) is 0.282. The summed E-state index contributed by atoms with van der Waals surface area (Å²) < 4.78 is 12.6. The molecule has 1 fully saturated rings. The largest absolute Gasteiger partial charge is 0.497 e. The van der Waals surface area contributed by atoms with Crippen LogP contribution < -0.4 is 35.0 Å². The highest BCUT2D eigenvalue weighted by Crippen LogP contribution is 2.40. The first-order valence-corrected chi connectivity index (χ1v) is 17.0. The molecule has 0 spiro atoms. The van der Waals surface area contributed by atoms with Gasteiger partial charge in [-0.2, -0.15) is 4.98 Å². The fourth-order valence-electron chi connectivity index (χ4n) is 6.88. The van der Waals surface area contributed by atoms with Crippen molar-refractivity contribution in [1.82, 2.24) is 19.4 Å². The number of nitrogens with one attached hydrogen (secondary N) is 1. The number of para-hydroxylation sites is 1. The van der Waals surface area contributed by atoms with Crippen molar-refractivity contribution in [3.63, 3.8) is 0 Å². The highest BCUT2D eigenvalue weighted by Gasteiger charge is 2.30. The second-order valence-electron chi connectivity index (χ2n) is 12.8. The van der Waals surface area contributed by atoms with Gasteiger partial charge in [-0.05, 0) is 74.1 Å². The standard InChI is InChI=1S/C39H42N8O4/c1-6-35(48)46-21-20-45(32-9-7-8-26(2)36(32)46)33-22-28-25-41-39(40-24-27-10-15-31(50-4)23-34(27)51-5)42-37(28)47(38(33)49)30-13-11-29(12-14-30)44-18-16-43(3)17-19-44/h6-15,22-23,25H,1,16-21,24H2,2-5H3,(H,40,41,42). The lowest BCUT2D eigenvalue weighted by molar-refractivity contribution is -0.114. The van der Waals surface area contributed by atoms with Gasteiger partial charge in [-0.25, -0.2) is 4.98 Å². The number of amides is 1. The van der Waals surface area contributed by atoms with E-state index in [-0.39, 0.29) is 11.5 Å². The van der Waals surface area contributed by atoms with Crippen LogP contribution in [0.5, 0.6) is 11.5 Å². The number of nitrogens with zero attached hydrogens (tertiary/aromatic N) is 7. The molecule has 0 unspecified atom stereocenters. The first kappa shape index (κ1) is 33.6. The number of anilines is 5. The molecule has 1 saturated heterocycles. The van der Waals surface area contributed by atoms with Gasteiger partial charge in [0.25, 0.3) is 11.5 Å². The number of piperazine rings is 1. The molecule has 2 aliphatic rings. The molecule has 2 aliphatic heterocycles. The van der Waals surface area contributed by atoms with Gasteiger partial charge in [-0.1, -0.05) is 18.7 Å². The zero-order chi connectivity index (χ0) is 35.6. The normalized spacial score (nSPS) is 14.7. The van der Waals surface area contributed by atoms with Crippen LogP contribution >= 0.6 is 0 Å². The number of benzene rings is 3. The maximum atomic E-state index is 14.8. The molecule has 7 rings (SSSR count). The number of fused-ring (bicyclic) bond motifs is 2. The zero-order valence-electron chi connectivity index (χ0n) is 29.4. The molecule has 0 aliphatic carbocycles. The van der Waals surface area contributed by atoms with Crippen molar-refractivity contribution in [2.45, 2.75) is 13.5 Å². The van der Waals surface area contributed by atoms with Gasteiger partial charge >= 0.3 is 0 Å². The summed E-state index contributed by atoms with van der Waals surface area (Å²) in [5.41, 5.74) is 5.88. The van der Waals surface area contributed by atoms with E-state index in [0.29, 0.717) is 59.5 Å². The lowest BCUT2D eigenvalue weighted by atomic mass is 10.1. The van der Waals surface area contributed by atoms with Gasteiger partial charge in [0.1, 0.15) is 17.2 Å². The van der Waals surface area contributed by atoms with E-state index in [9.17, 15) is 9.59 Å². The third kappa shape index (κ3) is 6.45. The predicted molar refractivity (Wildman–Crippen MR) is 202 cm³/mol. The molecule has 1 amide bonds. The summed E-state index contributed by atoms with van der Waals surface area (Å²) in [5.74, 6) is 1.56. The molecule has 0 saturated carbocycles. The number of pyridine rings is 1. The fourth-order valence-corrected chi connectivity index (χ4v) is 6.88. The average Bonchev–Trinajstić information content (AvgIpc) is 3.16. The average molecular weight is 687 g/mol. The van der Waals surface area contributed by atoms with Crippen molar-refractivity contribution in [1.29, 1.82) is 0 Å². The van der Waals surface area contributed by atoms with Gasteiger partial charge in [0.05, 0.1) is 31.3 Å². The van der Waals surface area contributed by atoms with Crippen molar-refractivity contribution < 1.29 is 14.3 Å². The maximum absolute atomic E-state index is 14.8. The van der Waals surface area contributed by atoms with Crippen LogP contribution in [0.4, 0.5) is 28.7 Å². The summed E-state index contributed by atoms with van der Waals surface area (Å²) in [6.45, 7) is 10.8. The number of aryl methyl sites for hydroxylation is 1. The molecule has 0 atom stereocenters. The van der Waals surface area contributed by atoms with Crippen molar-refractivity contribution >= 4 is 45.6 Å². The lowest BCUT2D eigenvalue weighted by Gasteiger charge is -2.38. The van der Waals surface area contributed by atoms with Crippen LogP contribution in [0.15, 0.2) is 90.4 Å². The number of likely N-dealkylation sites (N-methyl/N-ethyl adjacent to an activating group) is 1. The summed E-state index contributed by atoms with van der Waals surface area (Å²) in [6, 6.07) is 21.4. The SMILES string of the molecule is C=CC(=O)N1CCN(c2cc3cnc(NCc4ccc(OC)cc4OC)nc3n(-c3ccc(N4CCN(C)CC4)cc3)c2=O)c2cccc(C)c21. The van der Waals surface area contributed by atoms with Crippen molar-refractivity contribution in [3.8, 4) is 17.2 Å². The van der Waals surface area contributed by atoms with Gasteiger partial charge in [-0.15, -0.1) is 0 Å². The summed E-state index contributed by atoms with van der Waals surface area (Å²) in [5, 5.41) is 4.01. The Bertz CT molecular complexity index is 2160. The van der Waals surface area contributed by atoms with E-state index in [1.807, 2.05) is 66.4 Å². The molecule has 12 nitrogen and oxygen atoms in total. The van der Waals surface area contributed by atoms with E-state index in [1.165, 1.54) is 6.08 Å². The van der Waals surface area contributed by atoms with Crippen LogP contribution in [-0.2, 0) is 11.3 Å². The molecule has 1 N–H and O–H groups in total. The number of carbonyl (C=O) groups excluding carboxylic acids is 1. The van der Waals surface area contributed by atoms with E-state index in [4.69, 9.17) is 14.5 Å². The Kier molecular flexibility index (Phi) is 9.33. The zero-order valence-corrected chi connectivity index (χ0v) is 29.4. The maximum Gasteiger partial charge on any atom is 0.280 e. The Morgan fingerprint density at radius 2 is 1.69 bits per heavy atom. The number of carbonyl (C=O) groups is 1. The van der Waals surface area contributed by atoms with Crippen molar-refractivity contribution in [2.24, 2.45) is 0 Å². The Hall–Kier alpha value is -5.88. The minimum Gasteiger partial charge on any atom is -0.497 e. The molecule has 5 aromatic rings. The highest BCUT2D eigenvalue weighted by atomic mass is 16.5. The van der Waals surface area contributed by atoms with E-state index in [2.05, 4.69) is 45.9 Å². The molecule has 0 radical (unpaired) electrons. The second kappa shape index (κ2) is 14.2. The number of rotatable bonds is 9. The van der Waals surface area contributed by atoms with E-state index in [0.717, 1.165) is 54.4 Å². The van der Waals surface area contributed by atoms with Gasteiger partial charge in [0.2, 0.25) is 5.95 Å². The second-order valence-corrected chi connectivity index (χ2v) is 12.8. The molecule has 0 bridgehead atoms. The monoisotopic (exact) mass is 686 g/mol. The first-order valence-electron chi connectivity index (χ1n) is 17.0. The van der Waals surface area contributed by atoms with E-state index < -0.39 is 0 Å². The molecule has 4 heterocycles. The summed E-state index contributed by atoms with van der Waals surface area (Å²) in [4.78, 5) is 45.7. The molecule has 12 heteroatoms. The van der Waals surface area contributed by atoms with Crippen molar-refractivity contribution in [3.05, 3.63) is 107 Å². The number of ether oxygens (including phenoxy) is 2. The van der Waals surface area contributed by atoms with Gasteiger partial charge in [0.15, 0.2) is 5.65 Å². The smallest absolute Gasteiger partial charge is 0.280 e. The van der Waals surface area contributed by atoms with Crippen LogP contribution in [0.2, 0.25) is 0 Å². The Morgan fingerprint density at radius 1 is 0.922 bits per heavy atom. The number of hydrogen-bond donors (Lipinski definition) is 1. The first-order chi connectivity index (χ1) is 24.8. The molecule has 262 valence electrons. The Morgan fingerprint density at radius 3 is 2.41 bits per heavy atom. The summed E-state index contributed by atoms with van der Waals surface area (Å²) in [7, 11) is 5.37. The third-order valence-corrected chi connectivity index (χ3v) is 9.69. The minimum absolute atomic E-state index is 0.178. The number of methoxy groups -OCH3 is 2. The van der Waals surface area contributed by atoms with Gasteiger partial charge in [-0.3, -0.25) is 14.2 Å². The van der Waals surface area contributed by atoms with E-state index in [1.54, 1.807) is 29.9 Å². The van der Waals surface area contributed by atoms with Gasteiger partial charge in [0, 0.05) is 74.7 Å². The summed E-state index contributed by atoms with van der Waals surface area (Å²) in [6.07, 6.45) is 3.07. The van der Waals surface area contributed by atoms with Crippen LogP contribution in [0.1, 0.15) is 11.1 Å². The van der Waals surface area contributed by atoms with Crippen molar-refractivity contribution in [2.75, 3.05) is 80.6 Å². The van der Waals surface area contributed by atoms with Crippen LogP contribution in [0, 0.1) is 6.92 Å². The molecule has 3 aromatic carbocycles. The Labute approximate surface area is 297 Å². The van der Waals surface area contributed by atoms with Gasteiger partial charge < -0.3 is 34.4 Å². The number of hydrogen-bond acceptors (Lipinski definition) is 10. The Balaban J connectivity index is 1.32. The molecule has 2 aromatic heterocycles. The van der Waals surface area contributed by atoms with Crippen LogP contribution in [-0.4, -0.2) is 85.9 Å². The molecular weight excluding hydrogens is 644 g/mol. The number of aromatic nitrogens is 3. The molecular formula is C39H42N8O4. The summed E-state index contributed by atoms with van der Waals surface area (Å²) >= 11 is 0. The molecule has 51 heavy (non-hydrogen) atoms. The minimum atomic E-state index is -0.229. The third-order valence-electron chi connectivity index (χ3n) is 9.69. The van der Waals surface area contributed by atoms with Crippen LogP contribution in [0.3, 0.4) is 0 Å². The van der Waals surface area contributed by atoms with E-state index >= 15 is 0 Å². The topological polar surface area (TPSA) is 108 Å². The highest BCUT2D eigenvalue weighted by molar-refractivity contribution is 6.05. The lowest BCUT2D eigenvalue weighted by Crippen LogP contribution is -2.44. The quantitative estimate of drug-likeness (QED) is 0.210. The van der Waals surface area contributed by atoms with Crippen LogP contribution in [0.25, 0.3) is 16.7 Å².